The molecule has 0 saturated carbocycles. The number of aryl methyl sites for hydroxylation is 1. The smallest absolute Gasteiger partial charge is 0.148 e. The van der Waals surface area contributed by atoms with Gasteiger partial charge in [-0.15, -0.1) is 0 Å². The van der Waals surface area contributed by atoms with Gasteiger partial charge in [0, 0.05) is 6.54 Å². The normalized spacial score (nSPS) is 11.6. The zero-order valence-electron chi connectivity index (χ0n) is 15.9. The predicted molar refractivity (Wildman–Crippen MR) is 104 cm³/mol. The van der Waals surface area contributed by atoms with Gasteiger partial charge in [-0.3, -0.25) is 0 Å². The van der Waals surface area contributed by atoms with Gasteiger partial charge in [-0.05, 0) is 48.1 Å². The van der Waals surface area contributed by atoms with E-state index in [2.05, 4.69) is 75.6 Å². The quantitative estimate of drug-likeness (QED) is 0.577. The van der Waals surface area contributed by atoms with Crippen LogP contribution < -0.4 is 4.74 Å². The van der Waals surface area contributed by atoms with Gasteiger partial charge in [0.1, 0.15) is 18.2 Å². The summed E-state index contributed by atoms with van der Waals surface area (Å²) < 4.78 is 8.53. The van der Waals surface area contributed by atoms with E-state index in [4.69, 9.17) is 9.72 Å². The first-order valence-electron chi connectivity index (χ1n) is 9.13. The maximum atomic E-state index is 6.23. The Labute approximate surface area is 150 Å². The fourth-order valence-corrected chi connectivity index (χ4v) is 3.19. The van der Waals surface area contributed by atoms with E-state index in [0.29, 0.717) is 18.4 Å². The highest BCUT2D eigenvalue weighted by Gasteiger charge is 2.14. The van der Waals surface area contributed by atoms with Gasteiger partial charge in [0.15, 0.2) is 0 Å². The van der Waals surface area contributed by atoms with Gasteiger partial charge >= 0.3 is 0 Å². The van der Waals surface area contributed by atoms with E-state index in [1.807, 2.05) is 6.07 Å². The summed E-state index contributed by atoms with van der Waals surface area (Å²) in [5.74, 6) is 2.95. The molecule has 0 amide bonds. The molecular formula is C22H28N2O. The number of ether oxygens (including phenoxy) is 1. The fourth-order valence-electron chi connectivity index (χ4n) is 3.19. The number of benzene rings is 2. The molecule has 0 radical (unpaired) electrons. The minimum absolute atomic E-state index is 0.435. The molecular weight excluding hydrogens is 308 g/mol. The molecule has 0 aliphatic heterocycles. The van der Waals surface area contributed by atoms with E-state index in [1.54, 1.807) is 0 Å². The summed E-state index contributed by atoms with van der Waals surface area (Å²) >= 11 is 0. The van der Waals surface area contributed by atoms with Crippen LogP contribution >= 0.6 is 0 Å². The van der Waals surface area contributed by atoms with Gasteiger partial charge in [-0.1, -0.05) is 52.0 Å². The molecule has 0 N–H and O–H groups in total. The second-order valence-electron chi connectivity index (χ2n) is 7.51. The van der Waals surface area contributed by atoms with Crippen LogP contribution in [0.3, 0.4) is 0 Å². The molecule has 0 saturated heterocycles. The van der Waals surface area contributed by atoms with Crippen LogP contribution in [0.15, 0.2) is 42.5 Å². The Bertz CT molecular complexity index is 862. The molecule has 1 aromatic heterocycles. The highest BCUT2D eigenvalue weighted by Crippen LogP contribution is 2.28. The molecule has 0 spiro atoms. The first kappa shape index (κ1) is 17.5. The maximum absolute atomic E-state index is 6.23. The van der Waals surface area contributed by atoms with Crippen LogP contribution in [0, 0.1) is 12.8 Å². The molecule has 132 valence electrons. The highest BCUT2D eigenvalue weighted by molar-refractivity contribution is 5.75. The molecule has 2 aromatic carbocycles. The van der Waals surface area contributed by atoms with Crippen LogP contribution in [0.2, 0.25) is 0 Å². The third kappa shape index (κ3) is 3.87. The van der Waals surface area contributed by atoms with Crippen molar-refractivity contribution >= 4 is 11.0 Å². The average molecular weight is 336 g/mol. The number of hydrogen-bond donors (Lipinski definition) is 0. The summed E-state index contributed by atoms with van der Waals surface area (Å²) in [7, 11) is 0. The van der Waals surface area contributed by atoms with Crippen molar-refractivity contribution in [1.82, 2.24) is 9.55 Å². The van der Waals surface area contributed by atoms with E-state index in [9.17, 15) is 0 Å². The monoisotopic (exact) mass is 336 g/mol. The van der Waals surface area contributed by atoms with E-state index in [0.717, 1.165) is 23.6 Å². The number of aromatic nitrogens is 2. The van der Waals surface area contributed by atoms with Crippen LogP contribution in [0.5, 0.6) is 5.75 Å². The van der Waals surface area contributed by atoms with Gasteiger partial charge in [0.05, 0.1) is 11.0 Å². The Morgan fingerprint density at radius 3 is 2.52 bits per heavy atom. The molecule has 0 aliphatic carbocycles. The summed E-state index contributed by atoms with van der Waals surface area (Å²) in [6.45, 7) is 12.4. The van der Waals surface area contributed by atoms with Crippen LogP contribution in [0.4, 0.5) is 0 Å². The number of para-hydroxylation sites is 2. The molecule has 3 nitrogen and oxygen atoms in total. The fraction of sp³-hybridized carbons (Fsp3) is 0.409. The minimum Gasteiger partial charge on any atom is -0.485 e. The summed E-state index contributed by atoms with van der Waals surface area (Å²) in [5, 5.41) is 0. The molecule has 0 unspecified atom stereocenters. The first-order chi connectivity index (χ1) is 12.0. The Hall–Kier alpha value is -2.29. The average Bonchev–Trinajstić information content (AvgIpc) is 2.90. The topological polar surface area (TPSA) is 27.1 Å². The lowest BCUT2D eigenvalue weighted by molar-refractivity contribution is 0.283. The molecule has 3 heteroatoms. The largest absolute Gasteiger partial charge is 0.485 e. The van der Waals surface area contributed by atoms with Crippen LogP contribution in [-0.2, 0) is 13.2 Å². The summed E-state index contributed by atoms with van der Waals surface area (Å²) in [6.07, 6.45) is 0. The maximum Gasteiger partial charge on any atom is 0.148 e. The number of rotatable bonds is 6. The van der Waals surface area contributed by atoms with Crippen molar-refractivity contribution in [3.8, 4) is 5.75 Å². The summed E-state index contributed by atoms with van der Waals surface area (Å²) in [4.78, 5) is 4.82. The van der Waals surface area contributed by atoms with Crippen LogP contribution in [0.25, 0.3) is 11.0 Å². The third-order valence-corrected chi connectivity index (χ3v) is 4.43. The lowest BCUT2D eigenvalue weighted by atomic mass is 10.0. The molecule has 3 aromatic rings. The summed E-state index contributed by atoms with van der Waals surface area (Å²) in [5.41, 5.74) is 4.69. The lowest BCUT2D eigenvalue weighted by Gasteiger charge is -2.16. The zero-order valence-corrected chi connectivity index (χ0v) is 15.9. The third-order valence-electron chi connectivity index (χ3n) is 4.43. The Kier molecular flexibility index (Phi) is 5.12. The lowest BCUT2D eigenvalue weighted by Crippen LogP contribution is -2.11. The Morgan fingerprint density at radius 1 is 1.04 bits per heavy atom. The second kappa shape index (κ2) is 7.30. The van der Waals surface area contributed by atoms with E-state index in [-0.39, 0.29) is 0 Å². The van der Waals surface area contributed by atoms with Crippen molar-refractivity contribution in [1.29, 1.82) is 0 Å². The molecule has 0 atom stereocenters. The van der Waals surface area contributed by atoms with Gasteiger partial charge in [-0.25, -0.2) is 4.98 Å². The van der Waals surface area contributed by atoms with Gasteiger partial charge in [0.25, 0.3) is 0 Å². The van der Waals surface area contributed by atoms with Crippen molar-refractivity contribution in [3.63, 3.8) is 0 Å². The van der Waals surface area contributed by atoms with Gasteiger partial charge in [0.2, 0.25) is 0 Å². The standard InChI is InChI=1S/C22H28N2O/c1-15(2)13-24-20-9-7-6-8-19(20)23-22(24)14-25-21-12-17(5)10-11-18(21)16(3)4/h6-12,15-16H,13-14H2,1-5H3. The minimum atomic E-state index is 0.435. The SMILES string of the molecule is Cc1ccc(C(C)C)c(OCc2nc3ccccc3n2CC(C)C)c1. The molecule has 25 heavy (non-hydrogen) atoms. The predicted octanol–water partition coefficient (Wildman–Crippen LogP) is 5.70. The molecule has 0 fully saturated rings. The second-order valence-corrected chi connectivity index (χ2v) is 7.51. The number of imidazole rings is 1. The van der Waals surface area contributed by atoms with E-state index in [1.165, 1.54) is 16.6 Å². The van der Waals surface area contributed by atoms with Crippen LogP contribution in [0.1, 0.15) is 50.6 Å². The van der Waals surface area contributed by atoms with Gasteiger partial charge in [-0.2, -0.15) is 0 Å². The van der Waals surface area contributed by atoms with Crippen LogP contribution in [-0.4, -0.2) is 9.55 Å². The first-order valence-corrected chi connectivity index (χ1v) is 9.13. The number of fused-ring (bicyclic) bond motifs is 1. The number of nitrogens with zero attached hydrogens (tertiary/aromatic N) is 2. The van der Waals surface area contributed by atoms with Crippen molar-refractivity contribution in [2.24, 2.45) is 5.92 Å². The van der Waals surface area contributed by atoms with Crippen molar-refractivity contribution in [2.75, 3.05) is 0 Å². The summed E-state index contributed by atoms with van der Waals surface area (Å²) in [6, 6.07) is 14.8. The van der Waals surface area contributed by atoms with Gasteiger partial charge < -0.3 is 9.30 Å². The molecule has 0 bridgehead atoms. The molecule has 0 aliphatic rings. The van der Waals surface area contributed by atoms with Crippen molar-refractivity contribution in [2.45, 2.75) is 53.7 Å². The number of hydrogen-bond acceptors (Lipinski definition) is 2. The van der Waals surface area contributed by atoms with E-state index < -0.39 is 0 Å². The molecule has 1 heterocycles. The van der Waals surface area contributed by atoms with Crippen molar-refractivity contribution in [3.05, 3.63) is 59.4 Å². The van der Waals surface area contributed by atoms with Crippen molar-refractivity contribution < 1.29 is 4.74 Å². The highest BCUT2D eigenvalue weighted by atomic mass is 16.5. The zero-order chi connectivity index (χ0) is 18.0. The Morgan fingerprint density at radius 2 is 1.80 bits per heavy atom. The van der Waals surface area contributed by atoms with E-state index >= 15 is 0 Å². The molecule has 3 rings (SSSR count). The Balaban J connectivity index is 1.92.